The molecule has 0 bridgehead atoms. The van der Waals surface area contributed by atoms with Gasteiger partial charge in [-0.25, -0.2) is 4.99 Å². The van der Waals surface area contributed by atoms with Crippen molar-refractivity contribution in [1.29, 1.82) is 0 Å². The second-order valence-electron chi connectivity index (χ2n) is 7.04. The predicted molar refractivity (Wildman–Crippen MR) is 80.2 cm³/mol. The summed E-state index contributed by atoms with van der Waals surface area (Å²) in [5, 5.41) is 2.26. The molecular weight excluding hydrogens is 234 g/mol. The van der Waals surface area contributed by atoms with Crippen LogP contribution in [0.1, 0.15) is 47.3 Å². The van der Waals surface area contributed by atoms with Crippen molar-refractivity contribution in [3.05, 3.63) is 41.6 Å². The average molecular weight is 257 g/mol. The minimum atomic E-state index is -0.150. The van der Waals surface area contributed by atoms with Crippen LogP contribution in [0.4, 0.5) is 0 Å². The lowest BCUT2D eigenvalue weighted by Crippen LogP contribution is -2.20. The lowest BCUT2D eigenvalue weighted by Gasteiger charge is -2.18. The SMILES string of the molecule is CC(C)(C)N=c1oc(C(C)(C)C)cc2ccccc12. The minimum absolute atomic E-state index is 0.0216. The third-order valence-corrected chi connectivity index (χ3v) is 2.86. The maximum Gasteiger partial charge on any atom is 0.222 e. The van der Waals surface area contributed by atoms with Gasteiger partial charge in [0.05, 0.1) is 5.54 Å². The van der Waals surface area contributed by atoms with Crippen molar-refractivity contribution in [3.8, 4) is 0 Å². The zero-order chi connectivity index (χ0) is 14.3. The molecule has 1 aromatic carbocycles. The van der Waals surface area contributed by atoms with Crippen LogP contribution in [0.5, 0.6) is 0 Å². The largest absolute Gasteiger partial charge is 0.443 e. The fourth-order valence-electron chi connectivity index (χ4n) is 1.90. The highest BCUT2D eigenvalue weighted by Crippen LogP contribution is 2.24. The number of hydrogen-bond acceptors (Lipinski definition) is 2. The average Bonchev–Trinajstić information content (AvgIpc) is 2.25. The summed E-state index contributed by atoms with van der Waals surface area (Å²) in [5.41, 5.74) is 0.560. The Balaban J connectivity index is 2.84. The van der Waals surface area contributed by atoms with Gasteiger partial charge in [0.2, 0.25) is 5.55 Å². The Bertz CT molecular complexity index is 651. The van der Waals surface area contributed by atoms with Gasteiger partial charge in [0.1, 0.15) is 5.76 Å². The first-order chi connectivity index (χ1) is 8.67. The minimum Gasteiger partial charge on any atom is -0.443 e. The van der Waals surface area contributed by atoms with Crippen molar-refractivity contribution in [2.24, 2.45) is 4.99 Å². The second kappa shape index (κ2) is 4.52. The highest BCUT2D eigenvalue weighted by Gasteiger charge is 2.18. The standard InChI is InChI=1S/C17H23NO/c1-16(2,3)14-11-12-9-7-8-10-13(12)15(19-14)18-17(4,5)6/h7-11H,1-6H3. The Labute approximate surface area is 115 Å². The maximum absolute atomic E-state index is 6.06. The summed E-state index contributed by atoms with van der Waals surface area (Å²) in [6.07, 6.45) is 0. The van der Waals surface area contributed by atoms with E-state index in [0.717, 1.165) is 16.7 Å². The van der Waals surface area contributed by atoms with Crippen LogP contribution in [0.2, 0.25) is 0 Å². The molecular formula is C17H23NO. The van der Waals surface area contributed by atoms with Crippen molar-refractivity contribution in [1.82, 2.24) is 0 Å². The van der Waals surface area contributed by atoms with Crippen LogP contribution in [0.3, 0.4) is 0 Å². The third-order valence-electron chi connectivity index (χ3n) is 2.86. The fraction of sp³-hybridized carbons (Fsp3) is 0.471. The summed E-state index contributed by atoms with van der Waals surface area (Å²) in [4.78, 5) is 4.73. The van der Waals surface area contributed by atoms with Gasteiger partial charge in [-0.3, -0.25) is 0 Å². The summed E-state index contributed by atoms with van der Waals surface area (Å²) in [7, 11) is 0. The molecule has 0 aliphatic heterocycles. The van der Waals surface area contributed by atoms with Crippen LogP contribution in [0, 0.1) is 0 Å². The predicted octanol–water partition coefficient (Wildman–Crippen LogP) is 4.43. The van der Waals surface area contributed by atoms with E-state index in [2.05, 4.69) is 65.8 Å². The van der Waals surface area contributed by atoms with Crippen LogP contribution in [-0.2, 0) is 5.41 Å². The van der Waals surface area contributed by atoms with Gasteiger partial charge in [-0.15, -0.1) is 0 Å². The van der Waals surface area contributed by atoms with E-state index >= 15 is 0 Å². The Kier molecular flexibility index (Phi) is 3.29. The van der Waals surface area contributed by atoms with E-state index in [4.69, 9.17) is 9.41 Å². The van der Waals surface area contributed by atoms with E-state index < -0.39 is 0 Å². The molecule has 2 nitrogen and oxygen atoms in total. The Morgan fingerprint density at radius 3 is 2.16 bits per heavy atom. The summed E-state index contributed by atoms with van der Waals surface area (Å²) < 4.78 is 6.06. The number of benzene rings is 1. The molecule has 1 heterocycles. The molecule has 0 saturated carbocycles. The van der Waals surface area contributed by atoms with Gasteiger partial charge in [-0.05, 0) is 38.3 Å². The van der Waals surface area contributed by atoms with Crippen LogP contribution in [0.25, 0.3) is 10.8 Å². The quantitative estimate of drug-likeness (QED) is 0.685. The van der Waals surface area contributed by atoms with Crippen molar-refractivity contribution in [2.45, 2.75) is 52.5 Å². The summed E-state index contributed by atoms with van der Waals surface area (Å²) in [6.45, 7) is 12.7. The first-order valence-electron chi connectivity index (χ1n) is 6.76. The normalized spacial score (nSPS) is 14.1. The Hall–Kier alpha value is -1.57. The molecule has 0 aliphatic rings. The van der Waals surface area contributed by atoms with E-state index in [1.165, 1.54) is 5.39 Å². The lowest BCUT2D eigenvalue weighted by atomic mass is 9.92. The molecule has 0 unspecified atom stereocenters. The Morgan fingerprint density at radius 2 is 1.58 bits per heavy atom. The molecule has 2 heteroatoms. The number of rotatable bonds is 0. The highest BCUT2D eigenvalue weighted by molar-refractivity contribution is 5.81. The first-order valence-corrected chi connectivity index (χ1v) is 6.76. The van der Waals surface area contributed by atoms with Gasteiger partial charge in [-0.1, -0.05) is 39.0 Å². The zero-order valence-electron chi connectivity index (χ0n) is 12.7. The van der Waals surface area contributed by atoms with Crippen LogP contribution in [0.15, 0.2) is 39.7 Å². The van der Waals surface area contributed by atoms with Crippen molar-refractivity contribution >= 4 is 10.8 Å². The highest BCUT2D eigenvalue weighted by atomic mass is 16.3. The molecule has 0 amide bonds. The lowest BCUT2D eigenvalue weighted by molar-refractivity contribution is 0.363. The van der Waals surface area contributed by atoms with Gasteiger partial charge >= 0.3 is 0 Å². The molecule has 0 saturated heterocycles. The van der Waals surface area contributed by atoms with Gasteiger partial charge in [-0.2, -0.15) is 0 Å². The van der Waals surface area contributed by atoms with Gasteiger partial charge in [0, 0.05) is 10.8 Å². The number of fused-ring (bicyclic) bond motifs is 1. The molecule has 102 valence electrons. The Morgan fingerprint density at radius 1 is 0.947 bits per heavy atom. The van der Waals surface area contributed by atoms with Crippen molar-refractivity contribution in [2.75, 3.05) is 0 Å². The smallest absolute Gasteiger partial charge is 0.222 e. The van der Waals surface area contributed by atoms with E-state index in [1.807, 2.05) is 6.07 Å². The molecule has 2 rings (SSSR count). The molecule has 2 aromatic rings. The molecule has 0 spiro atoms. The first kappa shape index (κ1) is 13.9. The summed E-state index contributed by atoms with van der Waals surface area (Å²) in [6, 6.07) is 10.4. The van der Waals surface area contributed by atoms with Crippen LogP contribution < -0.4 is 5.55 Å². The topological polar surface area (TPSA) is 25.5 Å². The van der Waals surface area contributed by atoms with Crippen LogP contribution >= 0.6 is 0 Å². The van der Waals surface area contributed by atoms with E-state index in [1.54, 1.807) is 0 Å². The fourth-order valence-corrected chi connectivity index (χ4v) is 1.90. The molecule has 0 radical (unpaired) electrons. The molecule has 19 heavy (non-hydrogen) atoms. The molecule has 1 aromatic heterocycles. The van der Waals surface area contributed by atoms with E-state index in [0.29, 0.717) is 0 Å². The molecule has 0 atom stereocenters. The summed E-state index contributed by atoms with van der Waals surface area (Å²) >= 11 is 0. The van der Waals surface area contributed by atoms with Crippen molar-refractivity contribution in [3.63, 3.8) is 0 Å². The number of nitrogens with zero attached hydrogens (tertiary/aromatic N) is 1. The molecule has 0 N–H and O–H groups in total. The van der Waals surface area contributed by atoms with E-state index in [-0.39, 0.29) is 11.0 Å². The molecule has 0 fully saturated rings. The molecule has 0 aliphatic carbocycles. The summed E-state index contributed by atoms with van der Waals surface area (Å²) in [5.74, 6) is 0.967. The third kappa shape index (κ3) is 3.25. The monoisotopic (exact) mass is 257 g/mol. The zero-order valence-corrected chi connectivity index (χ0v) is 12.7. The van der Waals surface area contributed by atoms with Gasteiger partial charge < -0.3 is 4.42 Å². The van der Waals surface area contributed by atoms with Gasteiger partial charge in [0.15, 0.2) is 0 Å². The number of hydrogen-bond donors (Lipinski definition) is 0. The van der Waals surface area contributed by atoms with E-state index in [9.17, 15) is 0 Å². The maximum atomic E-state index is 6.06. The van der Waals surface area contributed by atoms with Gasteiger partial charge in [0.25, 0.3) is 0 Å². The van der Waals surface area contributed by atoms with Crippen LogP contribution in [-0.4, -0.2) is 5.54 Å². The van der Waals surface area contributed by atoms with Crippen molar-refractivity contribution < 1.29 is 4.42 Å². The second-order valence-corrected chi connectivity index (χ2v) is 7.04.